The minimum atomic E-state index is 0. The molecular formula is C31H46I2N2. The second-order valence-corrected chi connectivity index (χ2v) is 9.68. The van der Waals surface area contributed by atoms with Gasteiger partial charge >= 0.3 is 0 Å². The lowest BCUT2D eigenvalue weighted by atomic mass is 10.1. The molecule has 2 aromatic rings. The number of aromatic nitrogens is 2. The molecule has 0 N–H and O–H groups in total. The van der Waals surface area contributed by atoms with Crippen molar-refractivity contribution in [2.24, 2.45) is 0 Å². The molecule has 1 aliphatic heterocycles. The maximum Gasteiger partial charge on any atom is 0.171 e. The number of aryl methyl sites for hydroxylation is 4. The van der Waals surface area contributed by atoms with E-state index in [1.807, 2.05) is 0 Å². The normalized spacial score (nSPS) is 19.2. The first-order chi connectivity index (χ1) is 16.4. The van der Waals surface area contributed by atoms with Crippen LogP contribution in [0.15, 0.2) is 73.4 Å². The summed E-state index contributed by atoms with van der Waals surface area (Å²) in [4.78, 5) is 0. The van der Waals surface area contributed by atoms with E-state index in [0.717, 1.165) is 25.9 Å². The van der Waals surface area contributed by atoms with Crippen molar-refractivity contribution in [1.82, 2.24) is 0 Å². The van der Waals surface area contributed by atoms with E-state index in [1.54, 1.807) is 0 Å². The van der Waals surface area contributed by atoms with Crippen LogP contribution in [0.4, 0.5) is 0 Å². The van der Waals surface area contributed by atoms with Crippen LogP contribution >= 0.6 is 0 Å². The van der Waals surface area contributed by atoms with Gasteiger partial charge in [-0.15, -0.1) is 0 Å². The molecule has 0 radical (unpaired) electrons. The lowest BCUT2D eigenvalue weighted by molar-refractivity contribution is -0.696. The third-order valence-electron chi connectivity index (χ3n) is 6.70. The van der Waals surface area contributed by atoms with Gasteiger partial charge in [0.2, 0.25) is 0 Å². The highest BCUT2D eigenvalue weighted by Gasteiger charge is 2.03. The quantitative estimate of drug-likeness (QED) is 0.223. The maximum absolute atomic E-state index is 2.40. The molecule has 0 spiro atoms. The number of fused-ring (bicyclic) bond motifs is 4. The summed E-state index contributed by atoms with van der Waals surface area (Å²) in [6.07, 6.45) is 37.9. The number of rotatable bonds is 0. The van der Waals surface area contributed by atoms with E-state index in [0.29, 0.717) is 0 Å². The monoisotopic (exact) mass is 700 g/mol. The second-order valence-electron chi connectivity index (χ2n) is 9.68. The van der Waals surface area contributed by atoms with Crippen LogP contribution < -0.4 is 57.1 Å². The zero-order chi connectivity index (χ0) is 22.8. The van der Waals surface area contributed by atoms with E-state index >= 15 is 0 Å². The predicted octanol–water partition coefficient (Wildman–Crippen LogP) is 1.25. The number of pyridine rings is 2. The Morgan fingerprint density at radius 2 is 0.857 bits per heavy atom. The summed E-state index contributed by atoms with van der Waals surface area (Å²) < 4.78 is 4.73. The fraction of sp³-hybridized carbons (Fsp3) is 0.548. The summed E-state index contributed by atoms with van der Waals surface area (Å²) in [6.45, 7) is 2.18. The standard InChI is InChI=1S/C31H46N2.2HI/c1-2-4-8-12-16-24-32-26-19-23-31(29-32)21-15-11-7-5-9-13-17-25-33-27-18-22-30(28-33)20-14-10-6-3-1;;/h8-9,12-13,18-19,22-23,26-29H,1-7,10-11,14-17,20-21,24-25H2;2*1H/q+2;;/p-2/b12-8+,13-9+;;. The van der Waals surface area contributed by atoms with Crippen molar-refractivity contribution >= 4 is 0 Å². The molecule has 0 amide bonds. The van der Waals surface area contributed by atoms with E-state index in [4.69, 9.17) is 0 Å². The zero-order valence-corrected chi connectivity index (χ0v) is 25.9. The topological polar surface area (TPSA) is 7.76 Å². The smallest absolute Gasteiger partial charge is 0.171 e. The fourth-order valence-corrected chi connectivity index (χ4v) is 4.71. The third-order valence-corrected chi connectivity index (χ3v) is 6.70. The molecule has 0 saturated heterocycles. The molecule has 0 aromatic carbocycles. The summed E-state index contributed by atoms with van der Waals surface area (Å²) in [6, 6.07) is 9.02. The van der Waals surface area contributed by atoms with E-state index in [1.165, 1.54) is 94.6 Å². The van der Waals surface area contributed by atoms with Gasteiger partial charge < -0.3 is 48.0 Å². The SMILES string of the molecule is C1=C/CC[n+]2cccc(c2)CCCCC/C=C/CC[n+]2cccc(c2)CCCCCCCC/1.[I-].[I-]. The van der Waals surface area contributed by atoms with Crippen LogP contribution in [-0.4, -0.2) is 0 Å². The molecule has 194 valence electrons. The molecule has 0 unspecified atom stereocenters. The highest BCUT2D eigenvalue weighted by Crippen LogP contribution is 2.11. The zero-order valence-electron chi connectivity index (χ0n) is 21.6. The Hall–Kier alpha value is -0.760. The average molecular weight is 701 g/mol. The second kappa shape index (κ2) is 21.3. The Morgan fingerprint density at radius 3 is 1.37 bits per heavy atom. The Morgan fingerprint density at radius 1 is 0.457 bits per heavy atom. The number of hydrogen-bond acceptors (Lipinski definition) is 0. The van der Waals surface area contributed by atoms with Crippen LogP contribution in [0.3, 0.4) is 0 Å². The lowest BCUT2D eigenvalue weighted by Crippen LogP contribution is -3.00. The molecule has 0 saturated carbocycles. The third kappa shape index (κ3) is 15.2. The molecule has 1 aliphatic rings. The number of halogens is 2. The van der Waals surface area contributed by atoms with Crippen LogP contribution in [0.1, 0.15) is 94.6 Å². The number of hydrogen-bond donors (Lipinski definition) is 0. The van der Waals surface area contributed by atoms with Gasteiger partial charge in [0.25, 0.3) is 0 Å². The van der Waals surface area contributed by atoms with Gasteiger partial charge in [0.05, 0.1) is 0 Å². The van der Waals surface area contributed by atoms with Crippen LogP contribution in [0.25, 0.3) is 0 Å². The molecule has 2 aromatic heterocycles. The Labute approximate surface area is 249 Å². The van der Waals surface area contributed by atoms with Crippen molar-refractivity contribution in [3.05, 3.63) is 84.5 Å². The summed E-state index contributed by atoms with van der Waals surface area (Å²) in [5, 5.41) is 0. The first kappa shape index (κ1) is 32.3. The van der Waals surface area contributed by atoms with Crippen molar-refractivity contribution in [2.75, 3.05) is 0 Å². The van der Waals surface area contributed by atoms with Gasteiger partial charge in [-0.25, -0.2) is 9.13 Å². The summed E-state index contributed by atoms with van der Waals surface area (Å²) >= 11 is 0. The minimum absolute atomic E-state index is 0. The largest absolute Gasteiger partial charge is 1.00 e. The molecule has 35 heavy (non-hydrogen) atoms. The Bertz CT molecular complexity index is 847. The van der Waals surface area contributed by atoms with Gasteiger partial charge in [0.1, 0.15) is 0 Å². The minimum Gasteiger partial charge on any atom is -1.00 e. The maximum atomic E-state index is 2.40. The number of allylic oxidation sites excluding steroid dienone is 4. The summed E-state index contributed by atoms with van der Waals surface area (Å²) in [7, 11) is 0. The highest BCUT2D eigenvalue weighted by atomic mass is 127. The molecule has 4 bridgehead atoms. The average Bonchev–Trinajstić information content (AvgIpc) is 2.84. The van der Waals surface area contributed by atoms with E-state index in [-0.39, 0.29) is 48.0 Å². The van der Waals surface area contributed by atoms with Crippen LogP contribution in [0.2, 0.25) is 0 Å². The van der Waals surface area contributed by atoms with Gasteiger partial charge in [-0.2, -0.15) is 0 Å². The van der Waals surface area contributed by atoms with Crippen molar-refractivity contribution in [2.45, 2.75) is 109 Å². The molecule has 3 rings (SSSR count). The van der Waals surface area contributed by atoms with Gasteiger partial charge in [-0.05, 0) is 63.5 Å². The Balaban J connectivity index is 0.00000306. The van der Waals surface area contributed by atoms with E-state index in [2.05, 4.69) is 82.5 Å². The van der Waals surface area contributed by atoms with Crippen molar-refractivity contribution in [3.8, 4) is 0 Å². The van der Waals surface area contributed by atoms with E-state index < -0.39 is 0 Å². The molecule has 0 atom stereocenters. The molecule has 2 nitrogen and oxygen atoms in total. The van der Waals surface area contributed by atoms with Crippen LogP contribution in [0.5, 0.6) is 0 Å². The first-order valence-electron chi connectivity index (χ1n) is 13.7. The highest BCUT2D eigenvalue weighted by molar-refractivity contribution is 5.06. The van der Waals surface area contributed by atoms with Gasteiger partial charge in [-0.1, -0.05) is 56.4 Å². The first-order valence-corrected chi connectivity index (χ1v) is 13.7. The van der Waals surface area contributed by atoms with Crippen LogP contribution in [0, 0.1) is 0 Å². The van der Waals surface area contributed by atoms with Gasteiger partial charge in [0.15, 0.2) is 37.9 Å². The van der Waals surface area contributed by atoms with E-state index in [9.17, 15) is 0 Å². The van der Waals surface area contributed by atoms with Gasteiger partial charge in [0, 0.05) is 36.1 Å². The summed E-state index contributed by atoms with van der Waals surface area (Å²) in [5.74, 6) is 0. The fourth-order valence-electron chi connectivity index (χ4n) is 4.71. The molecule has 0 aliphatic carbocycles. The predicted molar refractivity (Wildman–Crippen MR) is 139 cm³/mol. The van der Waals surface area contributed by atoms with Crippen LogP contribution in [-0.2, 0) is 25.9 Å². The molecule has 4 heteroatoms. The van der Waals surface area contributed by atoms with Crippen molar-refractivity contribution in [1.29, 1.82) is 0 Å². The number of nitrogens with zero attached hydrogens (tertiary/aromatic N) is 2. The van der Waals surface area contributed by atoms with Crippen molar-refractivity contribution in [3.63, 3.8) is 0 Å². The molecular weight excluding hydrogens is 654 g/mol. The summed E-state index contributed by atoms with van der Waals surface area (Å²) in [5.41, 5.74) is 2.97. The molecule has 3 heterocycles. The van der Waals surface area contributed by atoms with Gasteiger partial charge in [-0.3, -0.25) is 0 Å². The lowest BCUT2D eigenvalue weighted by Gasteiger charge is -2.02. The molecule has 0 fully saturated rings. The Kier molecular flexibility index (Phi) is 19.7. The van der Waals surface area contributed by atoms with Crippen molar-refractivity contribution < 1.29 is 57.1 Å².